The molecule has 0 radical (unpaired) electrons. The molecule has 0 aromatic heterocycles. The molecule has 3 N–H and O–H groups in total. The second kappa shape index (κ2) is 5.39. The predicted molar refractivity (Wildman–Crippen MR) is 70.4 cm³/mol. The lowest BCUT2D eigenvalue weighted by molar-refractivity contribution is -0.139. The van der Waals surface area contributed by atoms with E-state index >= 15 is 0 Å². The third-order valence-corrected chi connectivity index (χ3v) is 3.46. The molecule has 1 aromatic rings. The van der Waals surface area contributed by atoms with Gasteiger partial charge in [-0.1, -0.05) is 12.1 Å². The number of rotatable bonds is 4. The van der Waals surface area contributed by atoms with Crippen LogP contribution in [0.5, 0.6) is 0 Å². The van der Waals surface area contributed by atoms with Crippen molar-refractivity contribution in [1.29, 1.82) is 0 Å². The number of carbonyl (C=O) groups excluding carboxylic acids is 1. The molecule has 0 aliphatic heterocycles. The summed E-state index contributed by atoms with van der Waals surface area (Å²) in [4.78, 5) is 22.7. The standard InChI is InChI=1S/C12H13BrN2O3/c13-8-3-1-2-4-9(8)14-12(18)15-10(11(16)17)7-5-6-7/h1-4,7,10H,5-6H2,(H,16,17)(H2,14,15,18). The van der Waals surface area contributed by atoms with Gasteiger partial charge in [-0.3, -0.25) is 0 Å². The molecule has 1 saturated carbocycles. The number of hydrogen-bond donors (Lipinski definition) is 3. The Morgan fingerprint density at radius 3 is 2.56 bits per heavy atom. The highest BCUT2D eigenvalue weighted by atomic mass is 79.9. The van der Waals surface area contributed by atoms with E-state index in [1.807, 2.05) is 6.07 Å². The summed E-state index contributed by atoms with van der Waals surface area (Å²) in [5.74, 6) is -0.924. The average Bonchev–Trinajstić information content (AvgIpc) is 3.13. The van der Waals surface area contributed by atoms with E-state index in [9.17, 15) is 9.59 Å². The summed E-state index contributed by atoms with van der Waals surface area (Å²) >= 11 is 3.30. The lowest BCUT2D eigenvalue weighted by Gasteiger charge is -2.14. The molecule has 1 unspecified atom stereocenters. The van der Waals surface area contributed by atoms with Gasteiger partial charge in [-0.05, 0) is 46.8 Å². The lowest BCUT2D eigenvalue weighted by atomic mass is 10.2. The van der Waals surface area contributed by atoms with E-state index in [1.165, 1.54) is 0 Å². The number of carbonyl (C=O) groups is 2. The topological polar surface area (TPSA) is 78.4 Å². The first-order valence-corrected chi connectivity index (χ1v) is 6.42. The zero-order valence-electron chi connectivity index (χ0n) is 9.52. The number of anilines is 1. The maximum atomic E-state index is 11.7. The van der Waals surface area contributed by atoms with E-state index in [0.717, 1.165) is 17.3 Å². The highest BCUT2D eigenvalue weighted by Crippen LogP contribution is 2.32. The van der Waals surface area contributed by atoms with E-state index in [1.54, 1.807) is 18.2 Å². The third-order valence-electron chi connectivity index (χ3n) is 2.77. The Bertz CT molecular complexity index is 474. The summed E-state index contributed by atoms with van der Waals surface area (Å²) < 4.78 is 0.749. The van der Waals surface area contributed by atoms with Crippen LogP contribution in [0.3, 0.4) is 0 Å². The van der Waals surface area contributed by atoms with Crippen LogP contribution in [0.2, 0.25) is 0 Å². The van der Waals surface area contributed by atoms with Crippen molar-refractivity contribution >= 4 is 33.6 Å². The third kappa shape index (κ3) is 3.22. The first-order valence-electron chi connectivity index (χ1n) is 5.63. The van der Waals surface area contributed by atoms with Crippen LogP contribution in [0.4, 0.5) is 10.5 Å². The van der Waals surface area contributed by atoms with Crippen molar-refractivity contribution in [3.05, 3.63) is 28.7 Å². The summed E-state index contributed by atoms with van der Waals surface area (Å²) in [5, 5.41) is 14.1. The second-order valence-corrected chi connectivity index (χ2v) is 5.09. The zero-order chi connectivity index (χ0) is 13.1. The average molecular weight is 313 g/mol. The predicted octanol–water partition coefficient (Wildman–Crippen LogP) is 2.43. The quantitative estimate of drug-likeness (QED) is 0.799. The van der Waals surface area contributed by atoms with E-state index in [2.05, 4.69) is 26.6 Å². The zero-order valence-corrected chi connectivity index (χ0v) is 11.1. The molecule has 1 aliphatic carbocycles. The normalized spacial score (nSPS) is 15.8. The van der Waals surface area contributed by atoms with Gasteiger partial charge in [0.15, 0.2) is 0 Å². The number of carboxylic acid groups (broad SMARTS) is 1. The Morgan fingerprint density at radius 2 is 2.00 bits per heavy atom. The number of hydrogen-bond acceptors (Lipinski definition) is 2. The van der Waals surface area contributed by atoms with E-state index in [-0.39, 0.29) is 5.92 Å². The molecule has 5 nitrogen and oxygen atoms in total. The molecule has 0 heterocycles. The summed E-state index contributed by atoms with van der Waals surface area (Å²) in [5.41, 5.74) is 0.606. The van der Waals surface area contributed by atoms with Crippen molar-refractivity contribution in [2.45, 2.75) is 18.9 Å². The molecule has 18 heavy (non-hydrogen) atoms. The lowest BCUT2D eigenvalue weighted by Crippen LogP contribution is -2.44. The van der Waals surface area contributed by atoms with Crippen LogP contribution in [-0.4, -0.2) is 23.1 Å². The van der Waals surface area contributed by atoms with Gasteiger partial charge >= 0.3 is 12.0 Å². The summed E-state index contributed by atoms with van der Waals surface area (Å²) in [7, 11) is 0. The largest absolute Gasteiger partial charge is 0.480 e. The molecule has 2 rings (SSSR count). The minimum Gasteiger partial charge on any atom is -0.480 e. The summed E-state index contributed by atoms with van der Waals surface area (Å²) in [6, 6.07) is 5.85. The Balaban J connectivity index is 1.96. The van der Waals surface area contributed by atoms with Crippen LogP contribution in [0.25, 0.3) is 0 Å². The molecule has 6 heteroatoms. The van der Waals surface area contributed by atoms with Crippen LogP contribution in [0.1, 0.15) is 12.8 Å². The minimum absolute atomic E-state index is 0.0625. The molecule has 0 saturated heterocycles. The number of urea groups is 1. The van der Waals surface area contributed by atoms with Crippen molar-refractivity contribution in [3.8, 4) is 0 Å². The molecule has 1 atom stereocenters. The SMILES string of the molecule is O=C(Nc1ccccc1Br)NC(C(=O)O)C1CC1. The van der Waals surface area contributed by atoms with Gasteiger partial charge in [-0.25, -0.2) is 9.59 Å². The van der Waals surface area contributed by atoms with Crippen LogP contribution in [0.15, 0.2) is 28.7 Å². The van der Waals surface area contributed by atoms with Crippen molar-refractivity contribution < 1.29 is 14.7 Å². The fourth-order valence-electron chi connectivity index (χ4n) is 1.67. The van der Waals surface area contributed by atoms with Gasteiger partial charge in [0.1, 0.15) is 6.04 Å². The van der Waals surface area contributed by atoms with Gasteiger partial charge in [0.25, 0.3) is 0 Å². The molecule has 1 aromatic carbocycles. The molecule has 1 fully saturated rings. The van der Waals surface area contributed by atoms with Crippen LogP contribution >= 0.6 is 15.9 Å². The van der Waals surface area contributed by atoms with Gasteiger partial charge in [-0.2, -0.15) is 0 Å². The number of benzene rings is 1. The van der Waals surface area contributed by atoms with Gasteiger partial charge in [0, 0.05) is 4.47 Å². The Kier molecular flexibility index (Phi) is 3.86. The fourth-order valence-corrected chi connectivity index (χ4v) is 2.06. The molecule has 2 amide bonds. The summed E-state index contributed by atoms with van der Waals surface area (Å²) in [6.07, 6.45) is 1.71. The number of para-hydroxylation sites is 1. The number of aliphatic carboxylic acids is 1. The number of carboxylic acids is 1. The Hall–Kier alpha value is -1.56. The molecule has 96 valence electrons. The monoisotopic (exact) mass is 312 g/mol. The maximum Gasteiger partial charge on any atom is 0.326 e. The number of amides is 2. The molecule has 0 bridgehead atoms. The van der Waals surface area contributed by atoms with Gasteiger partial charge in [0.05, 0.1) is 5.69 Å². The van der Waals surface area contributed by atoms with Crippen molar-refractivity contribution in [3.63, 3.8) is 0 Å². The van der Waals surface area contributed by atoms with Crippen molar-refractivity contribution in [1.82, 2.24) is 5.32 Å². The fraction of sp³-hybridized carbons (Fsp3) is 0.333. The molecule has 0 spiro atoms. The first kappa shape index (κ1) is 12.9. The molecular formula is C12H13BrN2O3. The van der Waals surface area contributed by atoms with Crippen LogP contribution in [-0.2, 0) is 4.79 Å². The van der Waals surface area contributed by atoms with Gasteiger partial charge < -0.3 is 15.7 Å². The van der Waals surface area contributed by atoms with Crippen LogP contribution in [0, 0.1) is 5.92 Å². The highest BCUT2D eigenvalue weighted by Gasteiger charge is 2.37. The molecular weight excluding hydrogens is 300 g/mol. The molecule has 1 aliphatic rings. The Morgan fingerprint density at radius 1 is 1.33 bits per heavy atom. The number of halogens is 1. The first-order chi connectivity index (χ1) is 8.58. The van der Waals surface area contributed by atoms with E-state index in [4.69, 9.17) is 5.11 Å². The van der Waals surface area contributed by atoms with Crippen molar-refractivity contribution in [2.24, 2.45) is 5.92 Å². The second-order valence-electron chi connectivity index (χ2n) is 4.23. The van der Waals surface area contributed by atoms with E-state index in [0.29, 0.717) is 5.69 Å². The maximum absolute atomic E-state index is 11.7. The summed E-state index contributed by atoms with van der Waals surface area (Å²) in [6.45, 7) is 0. The highest BCUT2D eigenvalue weighted by molar-refractivity contribution is 9.10. The van der Waals surface area contributed by atoms with Crippen molar-refractivity contribution in [2.75, 3.05) is 5.32 Å². The minimum atomic E-state index is -0.986. The van der Waals surface area contributed by atoms with E-state index < -0.39 is 18.0 Å². The Labute approximate surface area is 113 Å². The smallest absolute Gasteiger partial charge is 0.326 e. The van der Waals surface area contributed by atoms with Gasteiger partial charge in [0.2, 0.25) is 0 Å². The number of nitrogens with one attached hydrogen (secondary N) is 2. The van der Waals surface area contributed by atoms with Gasteiger partial charge in [-0.15, -0.1) is 0 Å². The van der Waals surface area contributed by atoms with Crippen LogP contribution < -0.4 is 10.6 Å².